The highest BCUT2D eigenvalue weighted by atomic mass is 16.6. The lowest BCUT2D eigenvalue weighted by molar-refractivity contribution is -0.0428. The number of piperidine rings is 1. The van der Waals surface area contributed by atoms with Crippen molar-refractivity contribution < 1.29 is 14.6 Å². The van der Waals surface area contributed by atoms with Crippen LogP contribution in [0.1, 0.15) is 47.0 Å². The van der Waals surface area contributed by atoms with E-state index >= 15 is 0 Å². The molecule has 21 heavy (non-hydrogen) atoms. The van der Waals surface area contributed by atoms with Gasteiger partial charge in [0.2, 0.25) is 0 Å². The largest absolute Gasteiger partial charge is 0.444 e. The first-order valence-corrected chi connectivity index (χ1v) is 7.43. The number of hydrogen-bond acceptors (Lipinski definition) is 4. The minimum atomic E-state index is -0.980. The molecule has 0 aliphatic carbocycles. The highest BCUT2D eigenvalue weighted by Gasteiger charge is 2.38. The molecule has 0 aromatic rings. The molecule has 0 saturated carbocycles. The molecule has 7 nitrogen and oxygen atoms in total. The molecule has 0 aromatic heterocycles. The Labute approximate surface area is 125 Å². The van der Waals surface area contributed by atoms with Crippen molar-refractivity contribution in [3.8, 4) is 0 Å². The van der Waals surface area contributed by atoms with Crippen LogP contribution < -0.4 is 0 Å². The first-order chi connectivity index (χ1) is 9.72. The predicted octanol–water partition coefficient (Wildman–Crippen LogP) is 3.08. The van der Waals surface area contributed by atoms with Gasteiger partial charge in [-0.15, -0.1) is 0 Å². The summed E-state index contributed by atoms with van der Waals surface area (Å²) < 4.78 is 5.35. The number of azide groups is 1. The zero-order valence-corrected chi connectivity index (χ0v) is 13.4. The molecule has 1 aliphatic rings. The van der Waals surface area contributed by atoms with Crippen LogP contribution in [-0.2, 0) is 4.74 Å². The van der Waals surface area contributed by atoms with Gasteiger partial charge in [0.1, 0.15) is 5.60 Å². The Balaban J connectivity index is 2.58. The average molecular weight is 298 g/mol. The van der Waals surface area contributed by atoms with Gasteiger partial charge in [0, 0.05) is 18.0 Å². The van der Waals surface area contributed by atoms with Gasteiger partial charge in [0.25, 0.3) is 0 Å². The Morgan fingerprint density at radius 1 is 1.43 bits per heavy atom. The summed E-state index contributed by atoms with van der Waals surface area (Å²) in [7, 11) is 0. The second-order valence-electron chi connectivity index (χ2n) is 6.59. The fourth-order valence-corrected chi connectivity index (χ4v) is 2.61. The highest BCUT2D eigenvalue weighted by molar-refractivity contribution is 5.68. The van der Waals surface area contributed by atoms with Crippen LogP contribution in [0.15, 0.2) is 5.11 Å². The number of ether oxygens (including phenoxy) is 1. The summed E-state index contributed by atoms with van der Waals surface area (Å²) in [5, 5.41) is 14.1. The topological polar surface area (TPSA) is 98.5 Å². The van der Waals surface area contributed by atoms with Gasteiger partial charge in [-0.2, -0.15) is 0 Å². The molecule has 1 rings (SSSR count). The third-order valence-corrected chi connectivity index (χ3v) is 3.93. The van der Waals surface area contributed by atoms with Crippen molar-refractivity contribution in [1.82, 2.24) is 4.90 Å². The van der Waals surface area contributed by atoms with Crippen LogP contribution in [0.2, 0.25) is 0 Å². The summed E-state index contributed by atoms with van der Waals surface area (Å²) in [5.74, 6) is 0.0340. The maximum atomic E-state index is 12.0. The maximum absolute atomic E-state index is 12.0. The quantitative estimate of drug-likeness (QED) is 0.490. The van der Waals surface area contributed by atoms with Crippen LogP contribution in [-0.4, -0.2) is 46.9 Å². The van der Waals surface area contributed by atoms with Gasteiger partial charge in [-0.3, -0.25) is 0 Å². The molecule has 1 aliphatic heterocycles. The molecule has 1 atom stereocenters. The van der Waals surface area contributed by atoms with Gasteiger partial charge in [-0.1, -0.05) is 12.0 Å². The van der Waals surface area contributed by atoms with Crippen LogP contribution >= 0.6 is 0 Å². The molecule has 0 aromatic carbocycles. The Morgan fingerprint density at radius 2 is 2.00 bits per heavy atom. The van der Waals surface area contributed by atoms with Crippen LogP contribution in [0.4, 0.5) is 4.79 Å². The fraction of sp³-hybridized carbons (Fsp3) is 0.929. The van der Waals surface area contributed by atoms with E-state index in [-0.39, 0.29) is 18.6 Å². The minimum Gasteiger partial charge on any atom is -0.444 e. The number of carbonyl (C=O) groups excluding carboxylic acids is 1. The summed E-state index contributed by atoms with van der Waals surface area (Å²) in [5.41, 5.74) is 6.94. The monoisotopic (exact) mass is 298 g/mol. The first-order valence-electron chi connectivity index (χ1n) is 7.43. The molecular formula is C14H26N4O3. The van der Waals surface area contributed by atoms with Crippen molar-refractivity contribution in [2.45, 2.75) is 58.2 Å². The van der Waals surface area contributed by atoms with E-state index in [2.05, 4.69) is 10.0 Å². The number of nitrogens with zero attached hydrogens (tertiary/aromatic N) is 4. The maximum Gasteiger partial charge on any atom is 0.410 e. The normalized spacial score (nSPS) is 19.6. The molecule has 1 fully saturated rings. The Kier molecular flexibility index (Phi) is 5.87. The Hall–Kier alpha value is -1.46. The molecule has 1 amide bonds. The lowest BCUT2D eigenvalue weighted by Gasteiger charge is -2.40. The summed E-state index contributed by atoms with van der Waals surface area (Å²) in [6.45, 7) is 8.59. The van der Waals surface area contributed by atoms with Gasteiger partial charge in [0.15, 0.2) is 0 Å². The lowest BCUT2D eigenvalue weighted by atomic mass is 9.79. The highest BCUT2D eigenvalue weighted by Crippen LogP contribution is 2.32. The SMILES string of the molecule is CC[C@](O)(CN=[N+]=[N-])C1CCN(C(=O)OC(C)(C)C)CC1. The second kappa shape index (κ2) is 7.00. The lowest BCUT2D eigenvalue weighted by Crippen LogP contribution is -2.49. The number of likely N-dealkylation sites (tertiary alicyclic amines) is 1. The predicted molar refractivity (Wildman–Crippen MR) is 79.8 cm³/mol. The van der Waals surface area contributed by atoms with Gasteiger partial charge >= 0.3 is 6.09 Å². The van der Waals surface area contributed by atoms with Crippen molar-refractivity contribution in [2.24, 2.45) is 11.0 Å². The Morgan fingerprint density at radius 3 is 2.43 bits per heavy atom. The van der Waals surface area contributed by atoms with Crippen molar-refractivity contribution in [1.29, 1.82) is 0 Å². The number of carbonyl (C=O) groups is 1. The zero-order valence-electron chi connectivity index (χ0n) is 13.4. The van der Waals surface area contributed by atoms with E-state index in [4.69, 9.17) is 10.3 Å². The summed E-state index contributed by atoms with van der Waals surface area (Å²) in [6.07, 6.45) is 1.59. The van der Waals surface area contributed by atoms with Gasteiger partial charge in [0.05, 0.1) is 12.1 Å². The summed E-state index contributed by atoms with van der Waals surface area (Å²) in [4.78, 5) is 16.4. The molecule has 0 radical (unpaired) electrons. The third kappa shape index (κ3) is 5.10. The molecule has 0 spiro atoms. The molecule has 1 heterocycles. The van der Waals surface area contributed by atoms with Gasteiger partial charge < -0.3 is 14.7 Å². The standard InChI is InChI=1S/C14H26N4O3/c1-5-14(20,10-16-17-15)11-6-8-18(9-7-11)12(19)21-13(2,3)4/h11,20H,5-10H2,1-4H3/t14-/m0/s1. The van der Waals surface area contributed by atoms with Crippen molar-refractivity contribution in [2.75, 3.05) is 19.6 Å². The van der Waals surface area contributed by atoms with E-state index < -0.39 is 11.2 Å². The molecule has 1 N–H and O–H groups in total. The summed E-state index contributed by atoms with van der Waals surface area (Å²) in [6, 6.07) is 0. The van der Waals surface area contributed by atoms with Gasteiger partial charge in [-0.05, 0) is 51.5 Å². The Bertz CT molecular complexity index is 407. The van der Waals surface area contributed by atoms with Crippen molar-refractivity contribution in [3.05, 3.63) is 10.4 Å². The molecule has 120 valence electrons. The van der Waals surface area contributed by atoms with Crippen LogP contribution in [0, 0.1) is 5.92 Å². The fourth-order valence-electron chi connectivity index (χ4n) is 2.61. The first kappa shape index (κ1) is 17.6. The van der Waals surface area contributed by atoms with Crippen LogP contribution in [0.25, 0.3) is 10.4 Å². The van der Waals surface area contributed by atoms with E-state index in [1.54, 1.807) is 4.90 Å². The van der Waals surface area contributed by atoms with Crippen molar-refractivity contribution in [3.63, 3.8) is 0 Å². The van der Waals surface area contributed by atoms with Crippen LogP contribution in [0.5, 0.6) is 0 Å². The molecule has 0 unspecified atom stereocenters. The van der Waals surface area contributed by atoms with E-state index in [1.165, 1.54) is 0 Å². The van der Waals surface area contributed by atoms with Gasteiger partial charge in [-0.25, -0.2) is 4.79 Å². The third-order valence-electron chi connectivity index (χ3n) is 3.93. The van der Waals surface area contributed by atoms with E-state index in [0.717, 1.165) is 0 Å². The van der Waals surface area contributed by atoms with E-state index in [0.29, 0.717) is 32.4 Å². The number of hydrogen-bond donors (Lipinski definition) is 1. The summed E-state index contributed by atoms with van der Waals surface area (Å²) >= 11 is 0. The molecule has 1 saturated heterocycles. The number of amides is 1. The minimum absolute atomic E-state index is 0.0340. The average Bonchev–Trinajstić information content (AvgIpc) is 2.43. The van der Waals surface area contributed by atoms with E-state index in [1.807, 2.05) is 27.7 Å². The smallest absolute Gasteiger partial charge is 0.410 e. The van der Waals surface area contributed by atoms with Crippen LogP contribution in [0.3, 0.4) is 0 Å². The number of rotatable bonds is 4. The van der Waals surface area contributed by atoms with Crippen molar-refractivity contribution >= 4 is 6.09 Å². The van der Waals surface area contributed by atoms with E-state index in [9.17, 15) is 9.90 Å². The molecule has 0 bridgehead atoms. The zero-order chi connectivity index (χ0) is 16.1. The molecule has 7 heteroatoms. The molecular weight excluding hydrogens is 272 g/mol. The second-order valence-corrected chi connectivity index (χ2v) is 6.59. The number of aliphatic hydroxyl groups is 1.